The first-order valence-corrected chi connectivity index (χ1v) is 12.4. The van der Waals surface area contributed by atoms with Gasteiger partial charge in [-0.3, -0.25) is 19.1 Å². The number of hydrogen-bond acceptors (Lipinski definition) is 8. The lowest BCUT2D eigenvalue weighted by atomic mass is 9.90. The number of imide groups is 1. The van der Waals surface area contributed by atoms with E-state index in [1.165, 1.54) is 12.1 Å². The Morgan fingerprint density at radius 1 is 0.853 bits per heavy atom. The number of hydrogen-bond donors (Lipinski definition) is 1. The summed E-state index contributed by atoms with van der Waals surface area (Å²) in [5, 5.41) is 2.36. The molecule has 1 atom stereocenters. The van der Waals surface area contributed by atoms with Crippen LogP contribution in [0.2, 0.25) is 0 Å². The predicted molar refractivity (Wildman–Crippen MR) is 123 cm³/mol. The molecule has 2 aromatic carbocycles. The van der Waals surface area contributed by atoms with E-state index >= 15 is 0 Å². The van der Waals surface area contributed by atoms with Gasteiger partial charge in [0.1, 0.15) is 12.4 Å². The Labute approximate surface area is 199 Å². The van der Waals surface area contributed by atoms with Crippen LogP contribution in [-0.2, 0) is 33.4 Å². The number of nitrogens with one attached hydrogen (secondary N) is 1. The highest BCUT2D eigenvalue weighted by Crippen LogP contribution is 2.26. The summed E-state index contributed by atoms with van der Waals surface area (Å²) in [6, 6.07) is 13.7. The topological polar surface area (TPSA) is 117 Å². The van der Waals surface area contributed by atoms with E-state index in [2.05, 4.69) is 5.32 Å². The van der Waals surface area contributed by atoms with Crippen molar-refractivity contribution in [1.29, 1.82) is 0 Å². The van der Waals surface area contributed by atoms with E-state index in [4.69, 9.17) is 18.4 Å². The van der Waals surface area contributed by atoms with Crippen LogP contribution in [0.25, 0.3) is 0 Å². The quantitative estimate of drug-likeness (QED) is 0.258. The summed E-state index contributed by atoms with van der Waals surface area (Å²) >= 11 is 0. The molecule has 1 aliphatic heterocycles. The first kappa shape index (κ1) is 25.8. The third-order valence-electron chi connectivity index (χ3n) is 5.17. The lowest BCUT2D eigenvalue weighted by Gasteiger charge is -2.21. The van der Waals surface area contributed by atoms with Crippen molar-refractivity contribution in [2.75, 3.05) is 39.6 Å². The second-order valence-electron chi connectivity index (χ2n) is 7.74. The molecule has 2 aromatic rings. The number of aryl methyl sites for hydroxylation is 1. The normalized spacial score (nSPS) is 16.3. The summed E-state index contributed by atoms with van der Waals surface area (Å²) in [5.41, 5.74) is 1.82. The molecule has 9 nitrogen and oxygen atoms in total. The van der Waals surface area contributed by atoms with Crippen molar-refractivity contribution < 1.29 is 36.4 Å². The molecule has 0 aliphatic carbocycles. The third kappa shape index (κ3) is 7.91. The standard InChI is InChI=1S/C24H29NO8S/c1-18-2-8-21(9-3-18)34(28,29)33-17-15-31-13-12-30-14-16-32-20-6-4-19(5-7-20)22-10-11-23(26)25-24(22)27/h2-9,22H,10-17H2,1H3,(H,25,26,27). The smallest absolute Gasteiger partial charge is 0.297 e. The molecular formula is C24H29NO8S. The van der Waals surface area contributed by atoms with Gasteiger partial charge >= 0.3 is 0 Å². The molecule has 184 valence electrons. The van der Waals surface area contributed by atoms with Crippen molar-refractivity contribution in [1.82, 2.24) is 5.32 Å². The number of benzene rings is 2. The van der Waals surface area contributed by atoms with E-state index in [1.54, 1.807) is 24.3 Å². The van der Waals surface area contributed by atoms with Crippen LogP contribution in [0, 0.1) is 6.92 Å². The molecule has 3 rings (SSSR count). The molecule has 1 N–H and O–H groups in total. The summed E-state index contributed by atoms with van der Waals surface area (Å²) in [5.74, 6) is -0.156. The molecule has 0 spiro atoms. The molecule has 0 saturated carbocycles. The molecule has 1 saturated heterocycles. The van der Waals surface area contributed by atoms with Gasteiger partial charge in [-0.1, -0.05) is 29.8 Å². The first-order chi connectivity index (χ1) is 16.3. The van der Waals surface area contributed by atoms with Crippen molar-refractivity contribution in [2.45, 2.75) is 30.6 Å². The summed E-state index contributed by atoms with van der Waals surface area (Å²) in [6.45, 7) is 3.27. The van der Waals surface area contributed by atoms with Gasteiger partial charge in [0.25, 0.3) is 10.1 Å². The Morgan fingerprint density at radius 3 is 2.12 bits per heavy atom. The summed E-state index contributed by atoms with van der Waals surface area (Å²) in [4.78, 5) is 23.3. The minimum absolute atomic E-state index is 0.0753. The number of piperidine rings is 1. The summed E-state index contributed by atoms with van der Waals surface area (Å²) < 4.78 is 45.4. The van der Waals surface area contributed by atoms with Gasteiger partial charge in [0.2, 0.25) is 11.8 Å². The number of carbonyl (C=O) groups excluding carboxylic acids is 2. The molecule has 0 bridgehead atoms. The van der Waals surface area contributed by atoms with Crippen LogP contribution in [-0.4, -0.2) is 59.9 Å². The van der Waals surface area contributed by atoms with Crippen molar-refractivity contribution in [3.63, 3.8) is 0 Å². The van der Waals surface area contributed by atoms with E-state index in [9.17, 15) is 18.0 Å². The van der Waals surface area contributed by atoms with Crippen LogP contribution in [0.15, 0.2) is 53.4 Å². The van der Waals surface area contributed by atoms with Crippen LogP contribution >= 0.6 is 0 Å². The van der Waals surface area contributed by atoms with E-state index in [1.807, 2.05) is 19.1 Å². The average Bonchev–Trinajstić information content (AvgIpc) is 2.81. The highest BCUT2D eigenvalue weighted by atomic mass is 32.2. The molecule has 10 heteroatoms. The molecule has 1 aliphatic rings. The molecule has 34 heavy (non-hydrogen) atoms. The number of ether oxygens (including phenoxy) is 3. The summed E-state index contributed by atoms with van der Waals surface area (Å²) in [7, 11) is -3.78. The average molecular weight is 492 g/mol. The van der Waals surface area contributed by atoms with Crippen LogP contribution in [0.4, 0.5) is 0 Å². The van der Waals surface area contributed by atoms with Crippen molar-refractivity contribution in [2.24, 2.45) is 0 Å². The second kappa shape index (κ2) is 12.6. The Kier molecular flexibility index (Phi) is 9.58. The largest absolute Gasteiger partial charge is 0.491 e. The fourth-order valence-electron chi connectivity index (χ4n) is 3.32. The minimum atomic E-state index is -3.78. The Hall–Kier alpha value is -2.79. The monoisotopic (exact) mass is 491 g/mol. The Morgan fingerprint density at radius 2 is 1.47 bits per heavy atom. The maximum Gasteiger partial charge on any atom is 0.297 e. The van der Waals surface area contributed by atoms with Crippen LogP contribution < -0.4 is 10.1 Å². The van der Waals surface area contributed by atoms with E-state index in [0.29, 0.717) is 45.0 Å². The predicted octanol–water partition coefficient (Wildman–Crippen LogP) is 2.33. The van der Waals surface area contributed by atoms with E-state index in [0.717, 1.165) is 11.1 Å². The molecule has 1 heterocycles. The van der Waals surface area contributed by atoms with Gasteiger partial charge in [0.05, 0.1) is 43.8 Å². The maximum atomic E-state index is 12.0. The first-order valence-electron chi connectivity index (χ1n) is 11.0. The van der Waals surface area contributed by atoms with Gasteiger partial charge in [-0.15, -0.1) is 0 Å². The zero-order valence-electron chi connectivity index (χ0n) is 19.0. The fraction of sp³-hybridized carbons (Fsp3) is 0.417. The molecular weight excluding hydrogens is 462 g/mol. The fourth-order valence-corrected chi connectivity index (χ4v) is 4.22. The maximum absolute atomic E-state index is 12.0. The highest BCUT2D eigenvalue weighted by molar-refractivity contribution is 7.86. The van der Waals surface area contributed by atoms with E-state index in [-0.39, 0.29) is 35.8 Å². The van der Waals surface area contributed by atoms with Crippen molar-refractivity contribution in [3.05, 3.63) is 59.7 Å². The van der Waals surface area contributed by atoms with Gasteiger partial charge in [-0.25, -0.2) is 0 Å². The highest BCUT2D eigenvalue weighted by Gasteiger charge is 2.27. The zero-order chi connectivity index (χ0) is 24.4. The van der Waals surface area contributed by atoms with Crippen LogP contribution in [0.3, 0.4) is 0 Å². The van der Waals surface area contributed by atoms with Gasteiger partial charge in [0.15, 0.2) is 0 Å². The summed E-state index contributed by atoms with van der Waals surface area (Å²) in [6.07, 6.45) is 0.852. The number of amides is 2. The lowest BCUT2D eigenvalue weighted by molar-refractivity contribution is -0.134. The van der Waals surface area contributed by atoms with Gasteiger partial charge in [-0.05, 0) is 43.2 Å². The Bertz CT molecular complexity index is 1050. The van der Waals surface area contributed by atoms with Gasteiger partial charge in [-0.2, -0.15) is 8.42 Å². The molecule has 1 unspecified atom stereocenters. The van der Waals surface area contributed by atoms with E-state index < -0.39 is 10.1 Å². The minimum Gasteiger partial charge on any atom is -0.491 e. The number of carbonyl (C=O) groups is 2. The molecule has 2 amide bonds. The van der Waals surface area contributed by atoms with Crippen molar-refractivity contribution in [3.8, 4) is 5.75 Å². The molecule has 1 fully saturated rings. The molecule has 0 aromatic heterocycles. The lowest BCUT2D eigenvalue weighted by Crippen LogP contribution is -2.39. The van der Waals surface area contributed by atoms with Crippen LogP contribution in [0.1, 0.15) is 29.9 Å². The van der Waals surface area contributed by atoms with Crippen LogP contribution in [0.5, 0.6) is 5.75 Å². The second-order valence-corrected chi connectivity index (χ2v) is 9.35. The van der Waals surface area contributed by atoms with Gasteiger partial charge < -0.3 is 14.2 Å². The third-order valence-corrected chi connectivity index (χ3v) is 6.49. The van der Waals surface area contributed by atoms with Gasteiger partial charge in [0, 0.05) is 6.42 Å². The zero-order valence-corrected chi connectivity index (χ0v) is 19.8. The molecule has 0 radical (unpaired) electrons. The number of rotatable bonds is 13. The Balaban J connectivity index is 1.22. The van der Waals surface area contributed by atoms with Crippen molar-refractivity contribution >= 4 is 21.9 Å². The SMILES string of the molecule is Cc1ccc(S(=O)(=O)OCCOCCOCCOc2ccc(C3CCC(=O)NC3=O)cc2)cc1.